The Bertz CT molecular complexity index is 509. The quantitative estimate of drug-likeness (QED) is 0.744. The first-order valence-electron chi connectivity index (χ1n) is 7.44. The summed E-state index contributed by atoms with van der Waals surface area (Å²) in [6, 6.07) is 4.01. The molecule has 22 heavy (non-hydrogen) atoms. The molecule has 0 amide bonds. The maximum absolute atomic E-state index is 12.2. The Kier molecular flexibility index (Phi) is 5.72. The van der Waals surface area contributed by atoms with Gasteiger partial charge in [0.2, 0.25) is 0 Å². The number of aliphatic carboxylic acids is 1. The van der Waals surface area contributed by atoms with Gasteiger partial charge in [0.15, 0.2) is 5.79 Å². The maximum Gasteiger partial charge on any atom is 0.310 e. The predicted molar refractivity (Wildman–Crippen MR) is 82.9 cm³/mol. The van der Waals surface area contributed by atoms with Gasteiger partial charge in [-0.3, -0.25) is 9.59 Å². The van der Waals surface area contributed by atoms with Crippen molar-refractivity contribution in [3.05, 3.63) is 22.4 Å². The van der Waals surface area contributed by atoms with Gasteiger partial charge in [0.1, 0.15) is 12.2 Å². The summed E-state index contributed by atoms with van der Waals surface area (Å²) in [7, 11) is 0. The van der Waals surface area contributed by atoms with Gasteiger partial charge in [0.05, 0.1) is 12.7 Å². The van der Waals surface area contributed by atoms with Gasteiger partial charge >= 0.3 is 5.97 Å². The molecule has 0 aliphatic carbocycles. The van der Waals surface area contributed by atoms with Crippen molar-refractivity contribution in [3.63, 3.8) is 0 Å². The molecule has 1 aliphatic rings. The van der Waals surface area contributed by atoms with Crippen molar-refractivity contribution in [2.75, 3.05) is 6.61 Å². The van der Waals surface area contributed by atoms with Crippen LogP contribution < -0.4 is 0 Å². The van der Waals surface area contributed by atoms with Crippen LogP contribution in [0.1, 0.15) is 38.0 Å². The molecule has 2 heterocycles. The van der Waals surface area contributed by atoms with E-state index in [9.17, 15) is 9.59 Å². The Balaban J connectivity index is 1.94. The fourth-order valence-electron chi connectivity index (χ4n) is 2.67. The van der Waals surface area contributed by atoms with Crippen LogP contribution in [0.4, 0.5) is 0 Å². The van der Waals surface area contributed by atoms with Crippen LogP contribution in [0.15, 0.2) is 17.5 Å². The molecule has 2 atom stereocenters. The molecule has 0 aromatic carbocycles. The largest absolute Gasteiger partial charge is 0.481 e. The molecule has 2 unspecified atom stereocenters. The van der Waals surface area contributed by atoms with E-state index in [2.05, 4.69) is 0 Å². The van der Waals surface area contributed by atoms with Gasteiger partial charge in [0.25, 0.3) is 0 Å². The first-order chi connectivity index (χ1) is 10.4. The second kappa shape index (κ2) is 7.35. The first-order valence-corrected chi connectivity index (χ1v) is 8.32. The van der Waals surface area contributed by atoms with E-state index in [0.29, 0.717) is 19.4 Å². The SMILES string of the molecule is CC1(C)OCC(CC(CCc2cccs2)C(=O)CC(=O)O)O1. The summed E-state index contributed by atoms with van der Waals surface area (Å²) < 4.78 is 11.3. The number of ether oxygens (including phenoxy) is 2. The number of hydrogen-bond donors (Lipinski definition) is 1. The van der Waals surface area contributed by atoms with E-state index in [1.54, 1.807) is 11.3 Å². The van der Waals surface area contributed by atoms with Gasteiger partial charge in [-0.15, -0.1) is 11.3 Å². The molecule has 1 aliphatic heterocycles. The summed E-state index contributed by atoms with van der Waals surface area (Å²) in [5, 5.41) is 10.9. The summed E-state index contributed by atoms with van der Waals surface area (Å²) >= 11 is 1.65. The summed E-state index contributed by atoms with van der Waals surface area (Å²) in [4.78, 5) is 24.2. The third-order valence-electron chi connectivity index (χ3n) is 3.71. The number of thiophene rings is 1. The van der Waals surface area contributed by atoms with Crippen molar-refractivity contribution in [2.24, 2.45) is 5.92 Å². The zero-order chi connectivity index (χ0) is 16.2. The highest BCUT2D eigenvalue weighted by molar-refractivity contribution is 7.09. The standard InChI is InChI=1S/C16H22O5S/c1-16(2)20-10-12(21-16)8-11(14(17)9-15(18)19)5-6-13-4-3-7-22-13/h3-4,7,11-12H,5-6,8-10H2,1-2H3,(H,18,19). The molecule has 1 aromatic rings. The zero-order valence-electron chi connectivity index (χ0n) is 12.9. The molecule has 6 heteroatoms. The Morgan fingerprint density at radius 2 is 2.27 bits per heavy atom. The molecule has 5 nitrogen and oxygen atoms in total. The number of carboxylic acid groups (broad SMARTS) is 1. The van der Waals surface area contributed by atoms with Crippen molar-refractivity contribution in [2.45, 2.75) is 51.4 Å². The van der Waals surface area contributed by atoms with Crippen LogP contribution in [0, 0.1) is 5.92 Å². The van der Waals surface area contributed by atoms with Crippen LogP contribution in [0.5, 0.6) is 0 Å². The lowest BCUT2D eigenvalue weighted by Crippen LogP contribution is -2.26. The van der Waals surface area contributed by atoms with Crippen molar-refractivity contribution in [1.29, 1.82) is 0 Å². The number of ketones is 1. The molecule has 0 radical (unpaired) electrons. The lowest BCUT2D eigenvalue weighted by molar-refractivity contribution is -0.146. The molecule has 1 aromatic heterocycles. The van der Waals surface area contributed by atoms with Gasteiger partial charge in [-0.25, -0.2) is 0 Å². The third kappa shape index (κ3) is 5.19. The minimum absolute atomic E-state index is 0.152. The Morgan fingerprint density at radius 1 is 1.50 bits per heavy atom. The lowest BCUT2D eigenvalue weighted by atomic mass is 9.90. The number of carboxylic acids is 1. The Labute approximate surface area is 134 Å². The second-order valence-corrected chi connectivity index (χ2v) is 7.07. The van der Waals surface area contributed by atoms with Crippen LogP contribution in [0.2, 0.25) is 0 Å². The Morgan fingerprint density at radius 3 is 2.82 bits per heavy atom. The van der Waals surface area contributed by atoms with E-state index in [1.165, 1.54) is 4.88 Å². The van der Waals surface area contributed by atoms with Crippen LogP contribution >= 0.6 is 11.3 Å². The minimum Gasteiger partial charge on any atom is -0.481 e. The number of hydrogen-bond acceptors (Lipinski definition) is 5. The van der Waals surface area contributed by atoms with Gasteiger partial charge < -0.3 is 14.6 Å². The molecule has 122 valence electrons. The van der Waals surface area contributed by atoms with Gasteiger partial charge in [-0.2, -0.15) is 0 Å². The van der Waals surface area contributed by atoms with Crippen LogP contribution in [-0.2, 0) is 25.5 Å². The van der Waals surface area contributed by atoms with Gasteiger partial charge in [0, 0.05) is 10.8 Å². The van der Waals surface area contributed by atoms with E-state index >= 15 is 0 Å². The normalized spacial score (nSPS) is 21.6. The highest BCUT2D eigenvalue weighted by atomic mass is 32.1. The topological polar surface area (TPSA) is 72.8 Å². The molecular weight excluding hydrogens is 304 g/mol. The predicted octanol–water partition coefficient (Wildman–Crippen LogP) is 2.88. The van der Waals surface area contributed by atoms with E-state index in [4.69, 9.17) is 14.6 Å². The minimum atomic E-state index is -1.07. The number of aryl methyl sites for hydroxylation is 1. The highest BCUT2D eigenvalue weighted by Crippen LogP contribution is 2.29. The second-order valence-electron chi connectivity index (χ2n) is 6.04. The van der Waals surface area contributed by atoms with Crippen LogP contribution in [-0.4, -0.2) is 35.4 Å². The average molecular weight is 326 g/mol. The number of rotatable bonds is 8. The van der Waals surface area contributed by atoms with Crippen LogP contribution in [0.25, 0.3) is 0 Å². The van der Waals surface area contributed by atoms with Crippen molar-refractivity contribution < 1.29 is 24.2 Å². The van der Waals surface area contributed by atoms with E-state index in [0.717, 1.165) is 6.42 Å². The van der Waals surface area contributed by atoms with Crippen molar-refractivity contribution in [3.8, 4) is 0 Å². The van der Waals surface area contributed by atoms with E-state index < -0.39 is 18.2 Å². The summed E-state index contributed by atoms with van der Waals surface area (Å²) in [6.07, 6.45) is 1.37. The van der Waals surface area contributed by atoms with Crippen molar-refractivity contribution in [1.82, 2.24) is 0 Å². The molecule has 0 bridgehead atoms. The average Bonchev–Trinajstić information content (AvgIpc) is 3.03. The number of carbonyl (C=O) groups is 2. The molecule has 1 saturated heterocycles. The molecule has 2 rings (SSSR count). The molecule has 1 fully saturated rings. The maximum atomic E-state index is 12.2. The molecule has 0 spiro atoms. The third-order valence-corrected chi connectivity index (χ3v) is 4.65. The smallest absolute Gasteiger partial charge is 0.310 e. The lowest BCUT2D eigenvalue weighted by Gasteiger charge is -2.20. The Hall–Kier alpha value is -1.24. The molecule has 0 saturated carbocycles. The summed E-state index contributed by atoms with van der Waals surface area (Å²) in [5.74, 6) is -2.23. The fourth-order valence-corrected chi connectivity index (χ4v) is 3.40. The molecular formula is C16H22O5S. The molecule has 1 N–H and O–H groups in total. The van der Waals surface area contributed by atoms with Gasteiger partial charge in [-0.1, -0.05) is 6.07 Å². The van der Waals surface area contributed by atoms with E-state index in [-0.39, 0.29) is 17.8 Å². The highest BCUT2D eigenvalue weighted by Gasteiger charge is 2.35. The van der Waals surface area contributed by atoms with Crippen LogP contribution in [0.3, 0.4) is 0 Å². The monoisotopic (exact) mass is 326 g/mol. The summed E-state index contributed by atoms with van der Waals surface area (Å²) in [5.41, 5.74) is 0. The summed E-state index contributed by atoms with van der Waals surface area (Å²) in [6.45, 7) is 4.13. The fraction of sp³-hybridized carbons (Fsp3) is 0.625. The van der Waals surface area contributed by atoms with E-state index in [1.807, 2.05) is 31.4 Å². The van der Waals surface area contributed by atoms with Gasteiger partial charge in [-0.05, 0) is 44.6 Å². The zero-order valence-corrected chi connectivity index (χ0v) is 13.7. The first kappa shape index (κ1) is 17.1. The number of carbonyl (C=O) groups excluding carboxylic acids is 1. The number of Topliss-reactive ketones (excluding diaryl/α,β-unsaturated/α-hetero) is 1. The van der Waals surface area contributed by atoms with Crippen molar-refractivity contribution >= 4 is 23.1 Å².